The molecular weight excluding hydrogens is 412 g/mol. The summed E-state index contributed by atoms with van der Waals surface area (Å²) in [6.45, 7) is 3.92. The Balaban J connectivity index is 1.80. The number of aryl methyl sites for hydroxylation is 2. The standard InChI is InChI=1S/C20H17BrN2O2S/c1-13-3-8-17(14(2)11-13)18(24)12-26-19-20(25)23(10-9-22-19)16-6-4-15(21)5-7-16/h3-11H,12H2,1-2H3. The number of halogens is 1. The van der Waals surface area contributed by atoms with Gasteiger partial charge in [-0.25, -0.2) is 4.98 Å². The number of thioether (sulfide) groups is 1. The van der Waals surface area contributed by atoms with Crippen molar-refractivity contribution in [3.63, 3.8) is 0 Å². The molecule has 0 saturated heterocycles. The number of aromatic nitrogens is 2. The lowest BCUT2D eigenvalue weighted by Crippen LogP contribution is -2.21. The topological polar surface area (TPSA) is 52.0 Å². The van der Waals surface area contributed by atoms with Gasteiger partial charge in [0.05, 0.1) is 5.75 Å². The summed E-state index contributed by atoms with van der Waals surface area (Å²) in [5.74, 6) is 0.170. The van der Waals surface area contributed by atoms with E-state index in [0.29, 0.717) is 10.6 Å². The molecule has 0 bridgehead atoms. The smallest absolute Gasteiger partial charge is 0.287 e. The van der Waals surface area contributed by atoms with Gasteiger partial charge in [0.25, 0.3) is 5.56 Å². The Bertz CT molecular complexity index is 1010. The highest BCUT2D eigenvalue weighted by Gasteiger charge is 2.13. The molecule has 4 nitrogen and oxygen atoms in total. The van der Waals surface area contributed by atoms with Crippen molar-refractivity contribution in [2.45, 2.75) is 18.9 Å². The zero-order chi connectivity index (χ0) is 18.7. The maximum absolute atomic E-state index is 12.7. The largest absolute Gasteiger partial charge is 0.293 e. The molecule has 6 heteroatoms. The van der Waals surface area contributed by atoms with Crippen molar-refractivity contribution in [2.24, 2.45) is 0 Å². The van der Waals surface area contributed by atoms with Crippen LogP contribution in [0.15, 0.2) is 69.2 Å². The highest BCUT2D eigenvalue weighted by Crippen LogP contribution is 2.18. The highest BCUT2D eigenvalue weighted by molar-refractivity contribution is 9.10. The number of carbonyl (C=O) groups excluding carboxylic acids is 1. The summed E-state index contributed by atoms with van der Waals surface area (Å²) in [7, 11) is 0. The van der Waals surface area contributed by atoms with Gasteiger partial charge in [0.15, 0.2) is 10.8 Å². The first-order valence-electron chi connectivity index (χ1n) is 8.02. The first-order chi connectivity index (χ1) is 12.5. The Morgan fingerprint density at radius 1 is 1.15 bits per heavy atom. The van der Waals surface area contributed by atoms with Crippen LogP contribution in [0.5, 0.6) is 0 Å². The van der Waals surface area contributed by atoms with Gasteiger partial charge in [-0.1, -0.05) is 51.5 Å². The van der Waals surface area contributed by atoms with Crippen molar-refractivity contribution in [3.05, 3.63) is 86.4 Å². The average Bonchev–Trinajstić information content (AvgIpc) is 2.61. The number of nitrogens with zero attached hydrogens (tertiary/aromatic N) is 2. The normalized spacial score (nSPS) is 10.7. The Morgan fingerprint density at radius 3 is 2.58 bits per heavy atom. The predicted molar refractivity (Wildman–Crippen MR) is 109 cm³/mol. The number of hydrogen-bond acceptors (Lipinski definition) is 4. The molecule has 132 valence electrons. The van der Waals surface area contributed by atoms with Crippen LogP contribution >= 0.6 is 27.7 Å². The van der Waals surface area contributed by atoms with Gasteiger partial charge in [-0.3, -0.25) is 14.2 Å². The molecule has 0 aliphatic carbocycles. The minimum absolute atomic E-state index is 0.00672. The van der Waals surface area contributed by atoms with Crippen molar-refractivity contribution in [1.82, 2.24) is 9.55 Å². The molecule has 0 atom stereocenters. The van der Waals surface area contributed by atoms with E-state index < -0.39 is 0 Å². The van der Waals surface area contributed by atoms with E-state index in [1.807, 2.05) is 56.3 Å². The molecule has 26 heavy (non-hydrogen) atoms. The van der Waals surface area contributed by atoms with E-state index in [1.165, 1.54) is 16.3 Å². The second-order valence-corrected chi connectivity index (χ2v) is 7.79. The molecule has 0 aliphatic heterocycles. The Morgan fingerprint density at radius 2 is 1.88 bits per heavy atom. The molecule has 0 unspecified atom stereocenters. The molecule has 3 rings (SSSR count). The third kappa shape index (κ3) is 4.14. The summed E-state index contributed by atoms with van der Waals surface area (Å²) in [6, 6.07) is 13.2. The zero-order valence-corrected chi connectivity index (χ0v) is 16.8. The molecular formula is C20H17BrN2O2S. The molecule has 0 saturated carbocycles. The zero-order valence-electron chi connectivity index (χ0n) is 14.4. The fourth-order valence-corrected chi connectivity index (χ4v) is 3.68. The summed E-state index contributed by atoms with van der Waals surface area (Å²) in [5, 5.41) is 0.313. The second-order valence-electron chi connectivity index (χ2n) is 5.91. The van der Waals surface area contributed by atoms with Crippen LogP contribution in [0.2, 0.25) is 0 Å². The summed E-state index contributed by atoms with van der Waals surface area (Å²) in [5.41, 5.74) is 3.28. The Hall–Kier alpha value is -2.18. The Kier molecular flexibility index (Phi) is 5.74. The van der Waals surface area contributed by atoms with E-state index >= 15 is 0 Å². The first-order valence-corrected chi connectivity index (χ1v) is 9.80. The summed E-state index contributed by atoms with van der Waals surface area (Å²) in [4.78, 5) is 29.3. The van der Waals surface area contributed by atoms with Gasteiger partial charge in [-0.15, -0.1) is 0 Å². The lowest BCUT2D eigenvalue weighted by Gasteiger charge is -2.08. The maximum atomic E-state index is 12.7. The molecule has 1 aromatic heterocycles. The molecule has 0 spiro atoms. The molecule has 0 fully saturated rings. The quantitative estimate of drug-likeness (QED) is 0.440. The third-order valence-corrected chi connectivity index (χ3v) is 5.43. The van der Waals surface area contributed by atoms with E-state index in [4.69, 9.17) is 0 Å². The van der Waals surface area contributed by atoms with Crippen molar-refractivity contribution in [2.75, 3.05) is 5.75 Å². The maximum Gasteiger partial charge on any atom is 0.287 e. The van der Waals surface area contributed by atoms with Crippen molar-refractivity contribution in [3.8, 4) is 5.69 Å². The summed E-state index contributed by atoms with van der Waals surface area (Å²) in [6.07, 6.45) is 3.20. The van der Waals surface area contributed by atoms with Gasteiger partial charge in [0, 0.05) is 28.1 Å². The lowest BCUT2D eigenvalue weighted by atomic mass is 10.0. The van der Waals surface area contributed by atoms with Gasteiger partial charge >= 0.3 is 0 Å². The number of benzene rings is 2. The van der Waals surface area contributed by atoms with Crippen LogP contribution in [0.25, 0.3) is 5.69 Å². The molecule has 0 amide bonds. The monoisotopic (exact) mass is 428 g/mol. The number of rotatable bonds is 5. The molecule has 1 heterocycles. The molecule has 2 aromatic carbocycles. The lowest BCUT2D eigenvalue weighted by molar-refractivity contribution is 0.102. The van der Waals surface area contributed by atoms with Crippen molar-refractivity contribution >= 4 is 33.5 Å². The first kappa shape index (κ1) is 18.6. The number of Topliss-reactive ketones (excluding diaryl/α,β-unsaturated/α-hetero) is 1. The Labute approximate surface area is 164 Å². The van der Waals surface area contributed by atoms with Crippen molar-refractivity contribution in [1.29, 1.82) is 0 Å². The van der Waals surface area contributed by atoms with E-state index in [-0.39, 0.29) is 17.1 Å². The van der Waals surface area contributed by atoms with Crippen LogP contribution in [0, 0.1) is 13.8 Å². The van der Waals surface area contributed by atoms with Crippen LogP contribution in [0.1, 0.15) is 21.5 Å². The van der Waals surface area contributed by atoms with E-state index in [2.05, 4.69) is 20.9 Å². The van der Waals surface area contributed by atoms with Gasteiger partial charge in [0.1, 0.15) is 0 Å². The highest BCUT2D eigenvalue weighted by atomic mass is 79.9. The molecule has 0 aliphatic rings. The van der Waals surface area contributed by atoms with E-state index in [0.717, 1.165) is 21.3 Å². The average molecular weight is 429 g/mol. The fraction of sp³-hybridized carbons (Fsp3) is 0.150. The van der Waals surface area contributed by atoms with Gasteiger partial charge in [-0.2, -0.15) is 0 Å². The fourth-order valence-electron chi connectivity index (χ4n) is 2.64. The van der Waals surface area contributed by atoms with Crippen LogP contribution in [0.3, 0.4) is 0 Å². The number of hydrogen-bond donors (Lipinski definition) is 0. The number of ketones is 1. The summed E-state index contributed by atoms with van der Waals surface area (Å²) < 4.78 is 2.47. The predicted octanol–water partition coefficient (Wildman–Crippen LogP) is 4.59. The van der Waals surface area contributed by atoms with Crippen LogP contribution < -0.4 is 5.56 Å². The van der Waals surface area contributed by atoms with Gasteiger partial charge in [-0.05, 0) is 43.7 Å². The minimum Gasteiger partial charge on any atom is -0.293 e. The van der Waals surface area contributed by atoms with Gasteiger partial charge in [0.2, 0.25) is 0 Å². The molecule has 3 aromatic rings. The molecule has 0 radical (unpaired) electrons. The van der Waals surface area contributed by atoms with Crippen molar-refractivity contribution < 1.29 is 4.79 Å². The van der Waals surface area contributed by atoms with Gasteiger partial charge < -0.3 is 0 Å². The van der Waals surface area contributed by atoms with E-state index in [1.54, 1.807) is 12.4 Å². The third-order valence-electron chi connectivity index (χ3n) is 3.94. The second kappa shape index (κ2) is 8.01. The molecule has 0 N–H and O–H groups in total. The van der Waals surface area contributed by atoms with E-state index in [9.17, 15) is 9.59 Å². The number of carbonyl (C=O) groups is 1. The van der Waals surface area contributed by atoms with Crippen LogP contribution in [-0.4, -0.2) is 21.1 Å². The van der Waals surface area contributed by atoms with Crippen LogP contribution in [0.4, 0.5) is 0 Å². The minimum atomic E-state index is -0.228. The summed E-state index contributed by atoms with van der Waals surface area (Å²) >= 11 is 4.55. The van der Waals surface area contributed by atoms with Crippen LogP contribution in [-0.2, 0) is 0 Å². The SMILES string of the molecule is Cc1ccc(C(=O)CSc2nccn(-c3ccc(Br)cc3)c2=O)c(C)c1.